The molecule has 24 heavy (non-hydrogen) atoms. The molecule has 3 rings (SSSR count). The van der Waals surface area contributed by atoms with Crippen LogP contribution in [0, 0.1) is 5.82 Å². The van der Waals surface area contributed by atoms with Gasteiger partial charge in [0.1, 0.15) is 5.82 Å². The first-order valence-electron chi connectivity index (χ1n) is 7.54. The molecule has 0 bridgehead atoms. The zero-order valence-corrected chi connectivity index (χ0v) is 14.0. The molecule has 0 radical (unpaired) electrons. The predicted molar refractivity (Wildman–Crippen MR) is 92.6 cm³/mol. The Morgan fingerprint density at radius 3 is 2.83 bits per heavy atom. The second-order valence-electron chi connectivity index (χ2n) is 5.27. The summed E-state index contributed by atoms with van der Waals surface area (Å²) in [4.78, 5) is 12.5. The first kappa shape index (κ1) is 16.4. The van der Waals surface area contributed by atoms with E-state index in [0.717, 1.165) is 5.75 Å². The number of hydrogen-bond donors (Lipinski definition) is 1. The number of thioether (sulfide) groups is 1. The van der Waals surface area contributed by atoms with Gasteiger partial charge in [-0.1, -0.05) is 18.2 Å². The normalized spacial score (nSPS) is 12.2. The number of halogens is 1. The van der Waals surface area contributed by atoms with Crippen LogP contribution in [0.1, 0.15) is 28.6 Å². The molecule has 0 fully saturated rings. The minimum absolute atomic E-state index is 0.0282. The highest BCUT2D eigenvalue weighted by Gasteiger charge is 2.22. The summed E-state index contributed by atoms with van der Waals surface area (Å²) in [6.45, 7) is 0. The molecule has 0 saturated carbocycles. The van der Waals surface area contributed by atoms with Crippen LogP contribution in [0.5, 0.6) is 0 Å². The fourth-order valence-corrected chi connectivity index (χ4v) is 2.95. The maximum atomic E-state index is 13.8. The van der Waals surface area contributed by atoms with Crippen LogP contribution in [-0.4, -0.2) is 32.5 Å². The molecule has 1 aromatic carbocycles. The summed E-state index contributed by atoms with van der Waals surface area (Å²) in [7, 11) is 0. The van der Waals surface area contributed by atoms with Gasteiger partial charge in [0.15, 0.2) is 11.5 Å². The lowest BCUT2D eigenvalue weighted by atomic mass is 10.1. The minimum Gasteiger partial charge on any atom is -0.342 e. The van der Waals surface area contributed by atoms with Crippen molar-refractivity contribution in [2.24, 2.45) is 0 Å². The molecule has 0 spiro atoms. The molecule has 1 N–H and O–H groups in total. The van der Waals surface area contributed by atoms with E-state index in [4.69, 9.17) is 0 Å². The molecule has 0 aliphatic rings. The number of carbonyl (C=O) groups is 1. The lowest BCUT2D eigenvalue weighted by Crippen LogP contribution is -2.31. The third-order valence-electron chi connectivity index (χ3n) is 3.69. The molecule has 1 atom stereocenters. The van der Waals surface area contributed by atoms with Gasteiger partial charge in [0.2, 0.25) is 0 Å². The highest BCUT2D eigenvalue weighted by atomic mass is 32.2. The highest BCUT2D eigenvalue weighted by Crippen LogP contribution is 2.19. The zero-order chi connectivity index (χ0) is 16.9. The SMILES string of the molecule is CSCCC(NC(=O)c1ccccc1F)c1nnc2ccccn12. The van der Waals surface area contributed by atoms with Gasteiger partial charge in [-0.25, -0.2) is 4.39 Å². The van der Waals surface area contributed by atoms with Gasteiger partial charge < -0.3 is 5.32 Å². The van der Waals surface area contributed by atoms with E-state index in [1.165, 1.54) is 12.1 Å². The van der Waals surface area contributed by atoms with Crippen molar-refractivity contribution >= 4 is 23.3 Å². The fourth-order valence-electron chi connectivity index (χ4n) is 2.48. The molecule has 1 unspecified atom stereocenters. The van der Waals surface area contributed by atoms with Crippen LogP contribution in [0.2, 0.25) is 0 Å². The second-order valence-corrected chi connectivity index (χ2v) is 6.26. The Hall–Kier alpha value is -2.41. The Labute approximate surface area is 143 Å². The Morgan fingerprint density at radius 2 is 2.04 bits per heavy atom. The van der Waals surface area contributed by atoms with Crippen LogP contribution in [0.15, 0.2) is 48.7 Å². The van der Waals surface area contributed by atoms with Gasteiger partial charge in [-0.15, -0.1) is 10.2 Å². The number of nitrogens with one attached hydrogen (secondary N) is 1. The van der Waals surface area contributed by atoms with Gasteiger partial charge in [0.05, 0.1) is 11.6 Å². The maximum Gasteiger partial charge on any atom is 0.254 e. The van der Waals surface area contributed by atoms with Crippen molar-refractivity contribution in [3.8, 4) is 0 Å². The number of aromatic nitrogens is 3. The van der Waals surface area contributed by atoms with Gasteiger partial charge in [-0.05, 0) is 42.7 Å². The van der Waals surface area contributed by atoms with Crippen molar-refractivity contribution in [1.29, 1.82) is 0 Å². The van der Waals surface area contributed by atoms with E-state index in [1.807, 2.05) is 35.1 Å². The van der Waals surface area contributed by atoms with E-state index >= 15 is 0 Å². The lowest BCUT2D eigenvalue weighted by Gasteiger charge is -2.17. The molecule has 0 saturated heterocycles. The molecule has 7 heteroatoms. The minimum atomic E-state index is -0.537. The van der Waals surface area contributed by atoms with Crippen molar-refractivity contribution in [3.63, 3.8) is 0 Å². The van der Waals surface area contributed by atoms with E-state index in [9.17, 15) is 9.18 Å². The summed E-state index contributed by atoms with van der Waals surface area (Å²) >= 11 is 1.68. The second kappa shape index (κ2) is 7.44. The standard InChI is InChI=1S/C17H17FN4OS/c1-24-11-9-14(16-21-20-15-8-4-5-10-22(15)16)19-17(23)12-6-2-3-7-13(12)18/h2-8,10,14H,9,11H2,1H3,(H,19,23). The van der Waals surface area contributed by atoms with Gasteiger partial charge >= 0.3 is 0 Å². The van der Waals surface area contributed by atoms with Crippen molar-refractivity contribution in [2.45, 2.75) is 12.5 Å². The Bertz CT molecular complexity index is 851. The van der Waals surface area contributed by atoms with Crippen LogP contribution in [0.4, 0.5) is 4.39 Å². The molecule has 124 valence electrons. The van der Waals surface area contributed by atoms with E-state index in [0.29, 0.717) is 17.9 Å². The van der Waals surface area contributed by atoms with Crippen molar-refractivity contribution in [2.75, 3.05) is 12.0 Å². The zero-order valence-electron chi connectivity index (χ0n) is 13.1. The predicted octanol–water partition coefficient (Wildman–Crippen LogP) is 3.09. The average molecular weight is 344 g/mol. The number of amides is 1. The lowest BCUT2D eigenvalue weighted by molar-refractivity contribution is 0.0929. The number of nitrogens with zero attached hydrogens (tertiary/aromatic N) is 3. The van der Waals surface area contributed by atoms with Crippen LogP contribution in [0.25, 0.3) is 5.65 Å². The van der Waals surface area contributed by atoms with E-state index in [2.05, 4.69) is 15.5 Å². The molecule has 0 aliphatic carbocycles. The molecule has 0 aliphatic heterocycles. The maximum absolute atomic E-state index is 13.8. The largest absolute Gasteiger partial charge is 0.342 e. The fraction of sp³-hybridized carbons (Fsp3) is 0.235. The summed E-state index contributed by atoms with van der Waals surface area (Å²) in [5.41, 5.74) is 0.738. The summed E-state index contributed by atoms with van der Waals surface area (Å²) in [6.07, 6.45) is 4.53. The molecular formula is C17H17FN4OS. The van der Waals surface area contributed by atoms with E-state index in [-0.39, 0.29) is 11.6 Å². The van der Waals surface area contributed by atoms with Crippen molar-refractivity contribution in [1.82, 2.24) is 19.9 Å². The summed E-state index contributed by atoms with van der Waals surface area (Å²) in [6, 6.07) is 11.2. The number of fused-ring (bicyclic) bond motifs is 1. The quantitative estimate of drug-likeness (QED) is 0.746. The average Bonchev–Trinajstić information content (AvgIpc) is 3.03. The van der Waals surface area contributed by atoms with E-state index in [1.54, 1.807) is 23.9 Å². The van der Waals surface area contributed by atoms with Gasteiger partial charge in [0, 0.05) is 6.20 Å². The molecule has 2 aromatic heterocycles. The summed E-state index contributed by atoms with van der Waals surface area (Å²) in [5.74, 6) is 0.491. The smallest absolute Gasteiger partial charge is 0.254 e. The third kappa shape index (κ3) is 3.41. The van der Waals surface area contributed by atoms with Crippen LogP contribution >= 0.6 is 11.8 Å². The van der Waals surface area contributed by atoms with Gasteiger partial charge in [-0.3, -0.25) is 9.20 Å². The van der Waals surface area contributed by atoms with Gasteiger partial charge in [0.25, 0.3) is 5.91 Å². The molecule has 5 nitrogen and oxygen atoms in total. The Morgan fingerprint density at radius 1 is 1.25 bits per heavy atom. The topological polar surface area (TPSA) is 59.3 Å². The molecule has 3 aromatic rings. The number of benzene rings is 1. The summed E-state index contributed by atoms with van der Waals surface area (Å²) < 4.78 is 15.7. The first-order chi connectivity index (χ1) is 11.7. The van der Waals surface area contributed by atoms with E-state index < -0.39 is 11.7 Å². The number of rotatable bonds is 6. The van der Waals surface area contributed by atoms with Crippen LogP contribution < -0.4 is 5.32 Å². The highest BCUT2D eigenvalue weighted by molar-refractivity contribution is 7.98. The Kier molecular flexibility index (Phi) is 5.10. The number of hydrogen-bond acceptors (Lipinski definition) is 4. The molecule has 2 heterocycles. The monoisotopic (exact) mass is 344 g/mol. The van der Waals surface area contributed by atoms with Crippen molar-refractivity contribution in [3.05, 3.63) is 65.9 Å². The number of pyridine rings is 1. The van der Waals surface area contributed by atoms with Crippen LogP contribution in [0.3, 0.4) is 0 Å². The van der Waals surface area contributed by atoms with Gasteiger partial charge in [-0.2, -0.15) is 11.8 Å². The summed E-state index contributed by atoms with van der Waals surface area (Å²) in [5, 5.41) is 11.2. The molecular weight excluding hydrogens is 327 g/mol. The van der Waals surface area contributed by atoms with Crippen molar-refractivity contribution < 1.29 is 9.18 Å². The molecule has 1 amide bonds. The number of carbonyl (C=O) groups excluding carboxylic acids is 1. The third-order valence-corrected chi connectivity index (χ3v) is 4.33. The Balaban J connectivity index is 1.89. The van der Waals surface area contributed by atoms with Crippen LogP contribution in [-0.2, 0) is 0 Å². The first-order valence-corrected chi connectivity index (χ1v) is 8.94.